The highest BCUT2D eigenvalue weighted by Gasteiger charge is 2.53. The first kappa shape index (κ1) is 21.2. The van der Waals surface area contributed by atoms with Crippen LogP contribution >= 0.6 is 0 Å². The lowest BCUT2D eigenvalue weighted by Gasteiger charge is -2.45. The van der Waals surface area contributed by atoms with Gasteiger partial charge in [0.1, 0.15) is 0 Å². The van der Waals surface area contributed by atoms with Gasteiger partial charge in [-0.15, -0.1) is 0 Å². The summed E-state index contributed by atoms with van der Waals surface area (Å²) in [6, 6.07) is 1.21. The number of hydrogen-bond donors (Lipinski definition) is 0. The number of alkyl halides is 3. The fourth-order valence-electron chi connectivity index (χ4n) is 7.10. The Balaban J connectivity index is 1.49. The van der Waals surface area contributed by atoms with E-state index in [4.69, 9.17) is 0 Å². The van der Waals surface area contributed by atoms with Crippen molar-refractivity contribution in [3.63, 3.8) is 0 Å². The highest BCUT2D eigenvalue weighted by molar-refractivity contribution is 6.81. The zero-order valence-corrected chi connectivity index (χ0v) is 18.6. The van der Waals surface area contributed by atoms with Crippen LogP contribution in [0.25, 0.3) is 0 Å². The van der Waals surface area contributed by atoms with Gasteiger partial charge in [0.05, 0.1) is 8.07 Å². The second-order valence-corrected chi connectivity index (χ2v) is 15.1. The predicted octanol–water partition coefficient (Wildman–Crippen LogP) is 8.23. The van der Waals surface area contributed by atoms with E-state index in [-0.39, 0.29) is 0 Å². The number of hydrogen-bond acceptors (Lipinski definition) is 0. The molecule has 160 valence electrons. The molecule has 0 aliphatic heterocycles. The summed E-state index contributed by atoms with van der Waals surface area (Å²) < 4.78 is 37.7. The molecule has 2 fully saturated rings. The molecule has 0 saturated heterocycles. The van der Waals surface area contributed by atoms with Gasteiger partial charge in [0, 0.05) is 6.42 Å². The minimum absolute atomic E-state index is 0.298. The molecule has 29 heavy (non-hydrogen) atoms. The monoisotopic (exact) mass is 420 g/mol. The van der Waals surface area contributed by atoms with Crippen LogP contribution in [0, 0.1) is 23.7 Å². The highest BCUT2D eigenvalue weighted by Crippen LogP contribution is 2.60. The molecule has 0 amide bonds. The van der Waals surface area contributed by atoms with Crippen LogP contribution < -0.4 is 0 Å². The third-order valence-corrected chi connectivity index (χ3v) is 14.7. The molecule has 4 rings (SSSR count). The Morgan fingerprint density at radius 3 is 1.76 bits per heavy atom. The van der Waals surface area contributed by atoms with Crippen molar-refractivity contribution in [1.29, 1.82) is 0 Å². The fraction of sp³-hybridized carbons (Fsp3) is 0.680. The molecule has 2 saturated carbocycles. The van der Waals surface area contributed by atoms with Gasteiger partial charge in [-0.1, -0.05) is 86.9 Å². The molecule has 0 radical (unpaired) electrons. The molecule has 0 heterocycles. The summed E-state index contributed by atoms with van der Waals surface area (Å²) >= 11 is 0. The minimum Gasteiger partial charge on any atom is -0.171 e. The van der Waals surface area contributed by atoms with Crippen LogP contribution in [0.15, 0.2) is 48.6 Å². The van der Waals surface area contributed by atoms with E-state index >= 15 is 0 Å². The summed E-state index contributed by atoms with van der Waals surface area (Å²) in [7, 11) is -1.65. The molecule has 0 bridgehead atoms. The summed E-state index contributed by atoms with van der Waals surface area (Å²) in [5, 5.41) is 0. The zero-order valence-electron chi connectivity index (χ0n) is 17.6. The van der Waals surface area contributed by atoms with Gasteiger partial charge in [0.25, 0.3) is 0 Å². The van der Waals surface area contributed by atoms with E-state index in [1.807, 2.05) is 0 Å². The van der Waals surface area contributed by atoms with E-state index in [0.29, 0.717) is 30.1 Å². The Kier molecular flexibility index (Phi) is 6.29. The second-order valence-electron chi connectivity index (χ2n) is 10.1. The SMILES string of the molecule is C[Si](CCCCCC(F)(F)F)(C1CCC2C=CC=CC21)C1CCC2C=CC=CC21. The summed E-state index contributed by atoms with van der Waals surface area (Å²) in [5.41, 5.74) is 1.58. The number of unbranched alkanes of at least 4 members (excludes halogenated alkanes) is 2. The van der Waals surface area contributed by atoms with Crippen molar-refractivity contribution in [3.05, 3.63) is 48.6 Å². The number of halogens is 3. The van der Waals surface area contributed by atoms with Crippen molar-refractivity contribution in [1.82, 2.24) is 0 Å². The van der Waals surface area contributed by atoms with E-state index in [1.54, 1.807) is 0 Å². The summed E-state index contributed by atoms with van der Waals surface area (Å²) in [5.74, 6) is 2.74. The maximum Gasteiger partial charge on any atom is 0.389 e. The Labute approximate surface area is 175 Å². The van der Waals surface area contributed by atoms with E-state index in [1.165, 1.54) is 31.7 Å². The van der Waals surface area contributed by atoms with Crippen molar-refractivity contribution in [2.24, 2.45) is 23.7 Å². The smallest absolute Gasteiger partial charge is 0.171 e. The first-order chi connectivity index (χ1) is 13.9. The van der Waals surface area contributed by atoms with Crippen LogP contribution in [0.3, 0.4) is 0 Å². The van der Waals surface area contributed by atoms with E-state index < -0.39 is 20.7 Å². The van der Waals surface area contributed by atoms with Gasteiger partial charge < -0.3 is 0 Å². The standard InChI is InChI=1S/C25H35F3Si/c1-29(18-8-2-7-17-25(26,27)28,23-15-13-19-9-3-5-11-21(19)23)24-16-14-20-10-4-6-12-22(20)24/h3-6,9-12,19-24H,2,7-8,13-18H2,1H3. The van der Waals surface area contributed by atoms with Gasteiger partial charge in [-0.25, -0.2) is 0 Å². The maximum atomic E-state index is 12.6. The number of allylic oxidation sites excluding steroid dienone is 8. The van der Waals surface area contributed by atoms with Crippen molar-refractivity contribution < 1.29 is 13.2 Å². The summed E-state index contributed by atoms with van der Waals surface area (Å²) in [4.78, 5) is 0. The fourth-order valence-corrected chi connectivity index (χ4v) is 13.5. The van der Waals surface area contributed by atoms with Gasteiger partial charge in [0.2, 0.25) is 0 Å². The van der Waals surface area contributed by atoms with Crippen molar-refractivity contribution in [3.8, 4) is 0 Å². The third-order valence-electron chi connectivity index (χ3n) is 8.52. The summed E-state index contributed by atoms with van der Waals surface area (Å²) in [6.45, 7) is 2.63. The van der Waals surface area contributed by atoms with Gasteiger partial charge in [-0.05, 0) is 54.0 Å². The zero-order chi connectivity index (χ0) is 20.5. The maximum absolute atomic E-state index is 12.6. The van der Waals surface area contributed by atoms with Crippen LogP contribution in [0.5, 0.6) is 0 Å². The highest BCUT2D eigenvalue weighted by atomic mass is 28.3. The Hall–Kier alpha value is -1.03. The lowest BCUT2D eigenvalue weighted by atomic mass is 9.91. The van der Waals surface area contributed by atoms with Crippen LogP contribution in [-0.2, 0) is 0 Å². The molecule has 4 aliphatic rings. The average molecular weight is 421 g/mol. The lowest BCUT2D eigenvalue weighted by Crippen LogP contribution is -2.45. The number of rotatable bonds is 7. The Bertz CT molecular complexity index is 643. The average Bonchev–Trinajstić information content (AvgIpc) is 3.31. The Morgan fingerprint density at radius 1 is 0.724 bits per heavy atom. The molecule has 0 spiro atoms. The van der Waals surface area contributed by atoms with E-state index in [0.717, 1.165) is 23.9 Å². The molecule has 0 N–H and O–H groups in total. The first-order valence-electron chi connectivity index (χ1n) is 11.7. The Morgan fingerprint density at radius 2 is 1.24 bits per heavy atom. The van der Waals surface area contributed by atoms with Gasteiger partial charge in [-0.2, -0.15) is 13.2 Å². The molecule has 0 aromatic heterocycles. The van der Waals surface area contributed by atoms with Crippen molar-refractivity contribution in [2.45, 2.75) is 81.2 Å². The summed E-state index contributed by atoms with van der Waals surface area (Å²) in [6.07, 6.45) is 21.2. The molecule has 0 aromatic rings. The van der Waals surface area contributed by atoms with Crippen LogP contribution in [-0.4, -0.2) is 14.3 Å². The van der Waals surface area contributed by atoms with E-state index in [9.17, 15) is 13.2 Å². The van der Waals surface area contributed by atoms with Gasteiger partial charge >= 0.3 is 6.18 Å². The van der Waals surface area contributed by atoms with Crippen LogP contribution in [0.4, 0.5) is 13.2 Å². The largest absolute Gasteiger partial charge is 0.389 e. The lowest BCUT2D eigenvalue weighted by molar-refractivity contribution is -0.135. The molecule has 4 heteroatoms. The van der Waals surface area contributed by atoms with Crippen molar-refractivity contribution >= 4 is 8.07 Å². The third kappa shape index (κ3) is 4.52. The van der Waals surface area contributed by atoms with Crippen molar-refractivity contribution in [2.75, 3.05) is 0 Å². The van der Waals surface area contributed by atoms with Gasteiger partial charge in [0.15, 0.2) is 0 Å². The molecular formula is C25H35F3Si. The minimum atomic E-state index is -4.00. The molecule has 6 atom stereocenters. The van der Waals surface area contributed by atoms with Gasteiger partial charge in [-0.3, -0.25) is 0 Å². The predicted molar refractivity (Wildman–Crippen MR) is 117 cm³/mol. The second kappa shape index (κ2) is 8.61. The molecule has 4 aliphatic carbocycles. The number of fused-ring (bicyclic) bond motifs is 2. The van der Waals surface area contributed by atoms with Crippen LogP contribution in [0.2, 0.25) is 23.7 Å². The quantitative estimate of drug-likeness (QED) is 0.287. The van der Waals surface area contributed by atoms with E-state index in [2.05, 4.69) is 55.2 Å². The van der Waals surface area contributed by atoms with Crippen LogP contribution in [0.1, 0.15) is 51.4 Å². The molecule has 0 aromatic carbocycles. The first-order valence-corrected chi connectivity index (χ1v) is 14.5. The molecular weight excluding hydrogens is 385 g/mol. The molecule has 0 nitrogen and oxygen atoms in total. The molecule has 6 unspecified atom stereocenters. The normalized spacial score (nSPS) is 37.5. The topological polar surface area (TPSA) is 0 Å².